The Bertz CT molecular complexity index is 707. The van der Waals surface area contributed by atoms with E-state index in [4.69, 9.17) is 10.5 Å². The van der Waals surface area contributed by atoms with Gasteiger partial charge in [0.25, 0.3) is 5.56 Å². The molecule has 0 amide bonds. The van der Waals surface area contributed by atoms with Gasteiger partial charge in [0, 0.05) is 38.3 Å². The predicted molar refractivity (Wildman–Crippen MR) is 80.3 cm³/mol. The molecule has 7 heteroatoms. The number of hydrogen-bond acceptors (Lipinski definition) is 6. The Morgan fingerprint density at radius 1 is 1.43 bits per heavy atom. The first-order valence-corrected chi connectivity index (χ1v) is 6.89. The zero-order valence-electron chi connectivity index (χ0n) is 11.6. The minimum Gasteiger partial charge on any atom is -0.399 e. The van der Waals surface area contributed by atoms with Crippen molar-refractivity contribution in [3.63, 3.8) is 0 Å². The number of aliphatic hydroxyl groups is 1. The van der Waals surface area contributed by atoms with Gasteiger partial charge in [-0.25, -0.2) is 4.98 Å². The van der Waals surface area contributed by atoms with E-state index in [-0.39, 0.29) is 5.56 Å². The maximum absolute atomic E-state index is 12.0. The van der Waals surface area contributed by atoms with Gasteiger partial charge in [0.2, 0.25) is 5.95 Å². The third kappa shape index (κ3) is 2.98. The summed E-state index contributed by atoms with van der Waals surface area (Å²) in [6.07, 6.45) is 1.13. The maximum Gasteiger partial charge on any atom is 0.260 e. The number of rotatable bonds is 3. The minimum absolute atomic E-state index is 0.256. The van der Waals surface area contributed by atoms with Gasteiger partial charge in [0.05, 0.1) is 16.5 Å². The smallest absolute Gasteiger partial charge is 0.260 e. The van der Waals surface area contributed by atoms with Crippen LogP contribution in [-0.2, 0) is 4.74 Å². The molecule has 2 heterocycles. The SMILES string of the molecule is Nc1ccc2nc(NCC3(O)CCOCC3)[nH]c(=O)c2c1. The van der Waals surface area contributed by atoms with Crippen LogP contribution in [0.2, 0.25) is 0 Å². The number of anilines is 2. The summed E-state index contributed by atoms with van der Waals surface area (Å²) in [7, 11) is 0. The normalized spacial score (nSPS) is 17.8. The third-order valence-electron chi connectivity index (χ3n) is 3.74. The number of nitrogen functional groups attached to an aromatic ring is 1. The fourth-order valence-corrected chi connectivity index (χ4v) is 2.42. The van der Waals surface area contributed by atoms with E-state index in [0.29, 0.717) is 55.1 Å². The topological polar surface area (TPSA) is 113 Å². The lowest BCUT2D eigenvalue weighted by Gasteiger charge is -2.32. The van der Waals surface area contributed by atoms with Crippen LogP contribution in [0.15, 0.2) is 23.0 Å². The Morgan fingerprint density at radius 2 is 2.19 bits per heavy atom. The summed E-state index contributed by atoms with van der Waals surface area (Å²) in [5, 5.41) is 13.8. The van der Waals surface area contributed by atoms with Crippen molar-refractivity contribution in [1.29, 1.82) is 0 Å². The highest BCUT2D eigenvalue weighted by molar-refractivity contribution is 5.81. The monoisotopic (exact) mass is 290 g/mol. The van der Waals surface area contributed by atoms with Gasteiger partial charge < -0.3 is 20.9 Å². The molecule has 0 saturated carbocycles. The molecule has 2 aromatic rings. The van der Waals surface area contributed by atoms with Crippen molar-refractivity contribution in [2.45, 2.75) is 18.4 Å². The molecular weight excluding hydrogens is 272 g/mol. The van der Waals surface area contributed by atoms with E-state index in [1.165, 1.54) is 0 Å². The van der Waals surface area contributed by atoms with Gasteiger partial charge in [-0.1, -0.05) is 0 Å². The molecule has 1 aliphatic rings. The van der Waals surface area contributed by atoms with Crippen molar-refractivity contribution < 1.29 is 9.84 Å². The van der Waals surface area contributed by atoms with Crippen molar-refractivity contribution in [2.75, 3.05) is 30.8 Å². The standard InChI is InChI=1S/C14H18N4O3/c15-9-1-2-11-10(7-9)12(19)18-13(17-11)16-8-14(20)3-5-21-6-4-14/h1-2,7,20H,3-6,8,15H2,(H2,16,17,18,19). The first kappa shape index (κ1) is 13.8. The Balaban J connectivity index is 1.81. The van der Waals surface area contributed by atoms with Gasteiger partial charge in [-0.2, -0.15) is 0 Å². The number of aromatic nitrogens is 2. The molecule has 1 aliphatic heterocycles. The second kappa shape index (κ2) is 5.34. The molecule has 0 aliphatic carbocycles. The lowest BCUT2D eigenvalue weighted by Crippen LogP contribution is -2.42. The first-order valence-electron chi connectivity index (χ1n) is 6.89. The van der Waals surface area contributed by atoms with Crippen molar-refractivity contribution in [3.05, 3.63) is 28.6 Å². The first-order chi connectivity index (χ1) is 10.1. The zero-order valence-corrected chi connectivity index (χ0v) is 11.6. The number of ether oxygens (including phenoxy) is 1. The molecule has 1 fully saturated rings. The van der Waals surface area contributed by atoms with Gasteiger partial charge in [0.15, 0.2) is 0 Å². The van der Waals surface area contributed by atoms with Crippen LogP contribution in [0.3, 0.4) is 0 Å². The lowest BCUT2D eigenvalue weighted by atomic mass is 9.94. The maximum atomic E-state index is 12.0. The Morgan fingerprint density at radius 3 is 2.95 bits per heavy atom. The third-order valence-corrected chi connectivity index (χ3v) is 3.74. The molecule has 5 N–H and O–H groups in total. The number of aromatic amines is 1. The fraction of sp³-hybridized carbons (Fsp3) is 0.429. The predicted octanol–water partition coefficient (Wildman–Crippen LogP) is 0.459. The molecule has 112 valence electrons. The van der Waals surface area contributed by atoms with Crippen LogP contribution in [0.25, 0.3) is 10.9 Å². The second-order valence-electron chi connectivity index (χ2n) is 5.38. The summed E-state index contributed by atoms with van der Waals surface area (Å²) in [6.45, 7) is 1.40. The molecule has 21 heavy (non-hydrogen) atoms. The van der Waals surface area contributed by atoms with Crippen LogP contribution >= 0.6 is 0 Å². The van der Waals surface area contributed by atoms with Crippen LogP contribution in [0, 0.1) is 0 Å². The van der Waals surface area contributed by atoms with Crippen LogP contribution in [0.4, 0.5) is 11.6 Å². The molecule has 0 unspecified atom stereocenters. The molecule has 1 aromatic carbocycles. The summed E-state index contributed by atoms with van der Waals surface area (Å²) in [4.78, 5) is 19.0. The van der Waals surface area contributed by atoms with Crippen molar-refractivity contribution >= 4 is 22.5 Å². The average molecular weight is 290 g/mol. The number of H-pyrrole nitrogens is 1. The highest BCUT2D eigenvalue weighted by atomic mass is 16.5. The number of fused-ring (bicyclic) bond motifs is 1. The average Bonchev–Trinajstić information content (AvgIpc) is 2.47. The minimum atomic E-state index is -0.826. The molecule has 0 spiro atoms. The molecule has 0 radical (unpaired) electrons. The molecule has 0 bridgehead atoms. The van der Waals surface area contributed by atoms with E-state index in [1.54, 1.807) is 18.2 Å². The van der Waals surface area contributed by atoms with E-state index < -0.39 is 5.60 Å². The summed E-state index contributed by atoms with van der Waals surface area (Å²) in [5.74, 6) is 0.345. The summed E-state index contributed by atoms with van der Waals surface area (Å²) >= 11 is 0. The fourth-order valence-electron chi connectivity index (χ4n) is 2.42. The van der Waals surface area contributed by atoms with Crippen LogP contribution in [0.5, 0.6) is 0 Å². The molecule has 3 rings (SSSR count). The van der Waals surface area contributed by atoms with E-state index >= 15 is 0 Å². The molecule has 1 aromatic heterocycles. The van der Waals surface area contributed by atoms with Crippen LogP contribution in [0.1, 0.15) is 12.8 Å². The van der Waals surface area contributed by atoms with E-state index in [1.807, 2.05) is 0 Å². The van der Waals surface area contributed by atoms with E-state index in [0.717, 1.165) is 0 Å². The van der Waals surface area contributed by atoms with Gasteiger partial charge in [-0.05, 0) is 18.2 Å². The molecular formula is C14H18N4O3. The largest absolute Gasteiger partial charge is 0.399 e. The number of nitrogens with two attached hydrogens (primary N) is 1. The summed E-state index contributed by atoms with van der Waals surface area (Å²) in [5.41, 5.74) is 5.67. The van der Waals surface area contributed by atoms with Crippen molar-refractivity contribution in [3.8, 4) is 0 Å². The molecule has 7 nitrogen and oxygen atoms in total. The highest BCUT2D eigenvalue weighted by Crippen LogP contribution is 2.20. The van der Waals surface area contributed by atoms with Gasteiger partial charge in [0.1, 0.15) is 0 Å². The highest BCUT2D eigenvalue weighted by Gasteiger charge is 2.29. The Labute approximate surface area is 121 Å². The Hall–Kier alpha value is -2.12. The van der Waals surface area contributed by atoms with Crippen LogP contribution < -0.4 is 16.6 Å². The molecule has 1 saturated heterocycles. The summed E-state index contributed by atoms with van der Waals surface area (Å²) in [6, 6.07) is 5.00. The number of hydrogen-bond donors (Lipinski definition) is 4. The zero-order chi connectivity index (χ0) is 14.9. The van der Waals surface area contributed by atoms with Crippen molar-refractivity contribution in [2.24, 2.45) is 0 Å². The van der Waals surface area contributed by atoms with Gasteiger partial charge in [-0.15, -0.1) is 0 Å². The van der Waals surface area contributed by atoms with Gasteiger partial charge >= 0.3 is 0 Å². The summed E-state index contributed by atoms with van der Waals surface area (Å²) < 4.78 is 5.23. The quantitative estimate of drug-likeness (QED) is 0.611. The van der Waals surface area contributed by atoms with Crippen molar-refractivity contribution in [1.82, 2.24) is 9.97 Å². The van der Waals surface area contributed by atoms with Crippen LogP contribution in [-0.4, -0.2) is 40.4 Å². The Kier molecular flexibility index (Phi) is 3.52. The van der Waals surface area contributed by atoms with Gasteiger partial charge in [-0.3, -0.25) is 9.78 Å². The number of nitrogens with zero attached hydrogens (tertiary/aromatic N) is 1. The molecule has 0 atom stereocenters. The lowest BCUT2D eigenvalue weighted by molar-refractivity contribution is -0.0544. The number of nitrogens with one attached hydrogen (secondary N) is 2. The number of benzene rings is 1. The van der Waals surface area contributed by atoms with E-state index in [2.05, 4.69) is 15.3 Å². The second-order valence-corrected chi connectivity index (χ2v) is 5.38. The van der Waals surface area contributed by atoms with E-state index in [9.17, 15) is 9.90 Å².